The molecule has 0 N–H and O–H groups in total. The van der Waals surface area contributed by atoms with Crippen molar-refractivity contribution in [2.75, 3.05) is 33.3 Å². The lowest BCUT2D eigenvalue weighted by molar-refractivity contribution is -0.132. The molecule has 1 aliphatic rings. The summed E-state index contributed by atoms with van der Waals surface area (Å²) < 4.78 is 32.4. The van der Waals surface area contributed by atoms with Crippen LogP contribution in [0.4, 0.5) is 0 Å². The highest BCUT2D eigenvalue weighted by molar-refractivity contribution is 7.89. The summed E-state index contributed by atoms with van der Waals surface area (Å²) in [6.45, 7) is 1.09. The van der Waals surface area contributed by atoms with Crippen LogP contribution in [0.1, 0.15) is 17.5 Å². The van der Waals surface area contributed by atoms with Crippen molar-refractivity contribution in [3.63, 3.8) is 0 Å². The van der Waals surface area contributed by atoms with Gasteiger partial charge in [0, 0.05) is 32.6 Å². The minimum Gasteiger partial charge on any atom is -0.496 e. The maximum atomic E-state index is 12.9. The van der Waals surface area contributed by atoms with Crippen LogP contribution in [-0.2, 0) is 21.2 Å². The van der Waals surface area contributed by atoms with E-state index in [0.29, 0.717) is 25.9 Å². The number of rotatable bonds is 6. The second-order valence-corrected chi connectivity index (χ2v) is 8.61. The van der Waals surface area contributed by atoms with E-state index in [0.717, 1.165) is 11.3 Å². The number of amides is 1. The smallest absolute Gasteiger partial charge is 0.244 e. The summed E-state index contributed by atoms with van der Waals surface area (Å²) >= 11 is 0. The predicted molar refractivity (Wildman–Crippen MR) is 108 cm³/mol. The monoisotopic (exact) mass is 413 g/mol. The number of ether oxygens (including phenoxy) is 1. The second-order valence-electron chi connectivity index (χ2n) is 6.70. The average molecular weight is 413 g/mol. The third-order valence-corrected chi connectivity index (χ3v) is 6.97. The number of hydrogen-bond acceptors (Lipinski definition) is 5. The van der Waals surface area contributed by atoms with Gasteiger partial charge in [-0.2, -0.15) is 9.57 Å². The quantitative estimate of drug-likeness (QED) is 0.723. The Balaban J connectivity index is 1.60. The van der Waals surface area contributed by atoms with Gasteiger partial charge in [0.1, 0.15) is 11.8 Å². The Bertz CT molecular complexity index is 1020. The van der Waals surface area contributed by atoms with E-state index in [1.165, 1.54) is 16.4 Å². The van der Waals surface area contributed by atoms with Crippen molar-refractivity contribution in [1.29, 1.82) is 5.26 Å². The van der Waals surface area contributed by atoms with Crippen LogP contribution in [0.5, 0.6) is 5.75 Å². The van der Waals surface area contributed by atoms with Gasteiger partial charge in [0.05, 0.1) is 17.6 Å². The molecule has 0 radical (unpaired) electrons. The second kappa shape index (κ2) is 9.07. The Morgan fingerprint density at radius 2 is 1.72 bits per heavy atom. The van der Waals surface area contributed by atoms with Gasteiger partial charge in [-0.3, -0.25) is 4.79 Å². The number of carbonyl (C=O) groups excluding carboxylic acids is 1. The first kappa shape index (κ1) is 20.8. The van der Waals surface area contributed by atoms with Crippen molar-refractivity contribution in [3.05, 3.63) is 59.7 Å². The van der Waals surface area contributed by atoms with E-state index in [4.69, 9.17) is 4.74 Å². The maximum Gasteiger partial charge on any atom is 0.244 e. The van der Waals surface area contributed by atoms with Crippen LogP contribution in [0.25, 0.3) is 0 Å². The maximum absolute atomic E-state index is 12.9. The van der Waals surface area contributed by atoms with Gasteiger partial charge in [0.25, 0.3) is 0 Å². The molecule has 0 aliphatic carbocycles. The van der Waals surface area contributed by atoms with Crippen LogP contribution in [0.2, 0.25) is 0 Å². The Labute approximate surface area is 171 Å². The van der Waals surface area contributed by atoms with Gasteiger partial charge >= 0.3 is 0 Å². The fourth-order valence-electron chi connectivity index (χ4n) is 3.41. The van der Waals surface area contributed by atoms with Gasteiger partial charge < -0.3 is 9.64 Å². The zero-order valence-electron chi connectivity index (χ0n) is 16.2. The standard InChI is InChI=1S/C21H23N3O4S/c1-28-19-8-4-2-6-17(19)10-11-21(25)23-12-14-24(15-13-23)29(26,27)20-9-5-3-7-18(20)16-22/h2-9H,10-15H2,1H3. The van der Waals surface area contributed by atoms with Crippen molar-refractivity contribution in [1.82, 2.24) is 9.21 Å². The normalized spacial score (nSPS) is 15.0. The van der Waals surface area contributed by atoms with Crippen LogP contribution in [0.15, 0.2) is 53.4 Å². The number of nitriles is 1. The molecule has 0 atom stereocenters. The number of aryl methyl sites for hydroxylation is 1. The number of para-hydroxylation sites is 1. The summed E-state index contributed by atoms with van der Waals surface area (Å²) in [6, 6.07) is 15.7. The zero-order valence-corrected chi connectivity index (χ0v) is 17.1. The molecule has 152 valence electrons. The molecule has 29 heavy (non-hydrogen) atoms. The first-order chi connectivity index (χ1) is 14.0. The summed E-state index contributed by atoms with van der Waals surface area (Å²) in [7, 11) is -2.16. The van der Waals surface area contributed by atoms with Crippen molar-refractivity contribution in [2.45, 2.75) is 17.7 Å². The fraction of sp³-hybridized carbons (Fsp3) is 0.333. The van der Waals surface area contributed by atoms with Crippen LogP contribution >= 0.6 is 0 Å². The predicted octanol–water partition coefficient (Wildman–Crippen LogP) is 2.03. The topological polar surface area (TPSA) is 90.7 Å². The molecule has 2 aromatic rings. The van der Waals surface area contributed by atoms with E-state index < -0.39 is 10.0 Å². The molecular formula is C21H23N3O4S. The highest BCUT2D eigenvalue weighted by atomic mass is 32.2. The van der Waals surface area contributed by atoms with E-state index in [1.807, 2.05) is 30.3 Å². The molecule has 1 aliphatic heterocycles. The van der Waals surface area contributed by atoms with E-state index in [1.54, 1.807) is 24.1 Å². The van der Waals surface area contributed by atoms with Gasteiger partial charge in [-0.25, -0.2) is 8.42 Å². The van der Waals surface area contributed by atoms with E-state index in [2.05, 4.69) is 0 Å². The van der Waals surface area contributed by atoms with Crippen molar-refractivity contribution >= 4 is 15.9 Å². The van der Waals surface area contributed by atoms with E-state index >= 15 is 0 Å². The summed E-state index contributed by atoms with van der Waals surface area (Å²) in [4.78, 5) is 14.3. The molecular weight excluding hydrogens is 390 g/mol. The third kappa shape index (κ3) is 4.58. The molecule has 1 amide bonds. The summed E-state index contributed by atoms with van der Waals surface area (Å²) in [6.07, 6.45) is 0.904. The van der Waals surface area contributed by atoms with Gasteiger partial charge in [-0.05, 0) is 30.2 Å². The molecule has 2 aromatic carbocycles. The molecule has 0 spiro atoms. The minimum absolute atomic E-state index is 0.00891. The highest BCUT2D eigenvalue weighted by Crippen LogP contribution is 2.22. The molecule has 1 heterocycles. The molecule has 0 saturated carbocycles. The molecule has 1 saturated heterocycles. The van der Waals surface area contributed by atoms with Crippen LogP contribution in [0, 0.1) is 11.3 Å². The van der Waals surface area contributed by atoms with Gasteiger partial charge in [-0.1, -0.05) is 30.3 Å². The number of benzene rings is 2. The number of hydrogen-bond donors (Lipinski definition) is 0. The molecule has 8 heteroatoms. The SMILES string of the molecule is COc1ccccc1CCC(=O)N1CCN(S(=O)(=O)c2ccccc2C#N)CC1. The number of piperazine rings is 1. The van der Waals surface area contributed by atoms with Gasteiger partial charge in [-0.15, -0.1) is 0 Å². The lowest BCUT2D eigenvalue weighted by atomic mass is 10.1. The third-order valence-electron chi connectivity index (χ3n) is 5.02. The number of methoxy groups -OCH3 is 1. The highest BCUT2D eigenvalue weighted by Gasteiger charge is 2.31. The lowest BCUT2D eigenvalue weighted by Crippen LogP contribution is -2.50. The fourth-order valence-corrected chi connectivity index (χ4v) is 4.97. The summed E-state index contributed by atoms with van der Waals surface area (Å²) in [5.41, 5.74) is 1.10. The number of nitrogens with zero attached hydrogens (tertiary/aromatic N) is 3. The molecule has 3 rings (SSSR count). The van der Waals surface area contributed by atoms with Crippen LogP contribution in [-0.4, -0.2) is 56.8 Å². The summed E-state index contributed by atoms with van der Waals surface area (Å²) in [5, 5.41) is 9.19. The zero-order chi connectivity index (χ0) is 20.9. The average Bonchev–Trinajstić information content (AvgIpc) is 2.77. The summed E-state index contributed by atoms with van der Waals surface area (Å²) in [5.74, 6) is 0.748. The van der Waals surface area contributed by atoms with Crippen LogP contribution < -0.4 is 4.74 Å². The van der Waals surface area contributed by atoms with Crippen molar-refractivity contribution in [3.8, 4) is 11.8 Å². The molecule has 0 bridgehead atoms. The Morgan fingerprint density at radius 3 is 2.41 bits per heavy atom. The molecule has 0 unspecified atom stereocenters. The van der Waals surface area contributed by atoms with E-state index in [9.17, 15) is 18.5 Å². The Morgan fingerprint density at radius 1 is 1.07 bits per heavy atom. The van der Waals surface area contributed by atoms with Crippen molar-refractivity contribution in [2.24, 2.45) is 0 Å². The lowest BCUT2D eigenvalue weighted by Gasteiger charge is -2.34. The largest absolute Gasteiger partial charge is 0.496 e. The van der Waals surface area contributed by atoms with E-state index in [-0.39, 0.29) is 29.5 Å². The Kier molecular flexibility index (Phi) is 6.52. The molecule has 7 nitrogen and oxygen atoms in total. The minimum atomic E-state index is -3.76. The Hall–Kier alpha value is -2.89. The van der Waals surface area contributed by atoms with Crippen LogP contribution in [0.3, 0.4) is 0 Å². The van der Waals surface area contributed by atoms with Gasteiger partial charge in [0.15, 0.2) is 0 Å². The first-order valence-electron chi connectivity index (χ1n) is 9.36. The molecule has 0 aromatic heterocycles. The number of carbonyl (C=O) groups is 1. The molecule has 1 fully saturated rings. The number of sulfonamides is 1. The first-order valence-corrected chi connectivity index (χ1v) is 10.8. The van der Waals surface area contributed by atoms with Gasteiger partial charge in [0.2, 0.25) is 15.9 Å². The van der Waals surface area contributed by atoms with Crippen molar-refractivity contribution < 1.29 is 17.9 Å².